The van der Waals surface area contributed by atoms with E-state index in [1.165, 1.54) is 0 Å². The lowest BCUT2D eigenvalue weighted by molar-refractivity contribution is 0.117. The zero-order valence-corrected chi connectivity index (χ0v) is 13.6. The van der Waals surface area contributed by atoms with Gasteiger partial charge in [0.2, 0.25) is 0 Å². The van der Waals surface area contributed by atoms with E-state index in [1.54, 1.807) is 0 Å². The van der Waals surface area contributed by atoms with Gasteiger partial charge in [0.1, 0.15) is 11.3 Å². The van der Waals surface area contributed by atoms with Crippen molar-refractivity contribution < 1.29 is 14.3 Å². The summed E-state index contributed by atoms with van der Waals surface area (Å²) < 4.78 is 5.89. The molecule has 1 aromatic carbocycles. The molecular formula is C18H24N2O3. The van der Waals surface area contributed by atoms with Gasteiger partial charge in [-0.1, -0.05) is 18.2 Å². The summed E-state index contributed by atoms with van der Waals surface area (Å²) in [5, 5.41) is 16.5. The average Bonchev–Trinajstić information content (AvgIpc) is 2.87. The highest BCUT2D eigenvalue weighted by atomic mass is 16.3. The Bertz CT molecular complexity index is 687. The summed E-state index contributed by atoms with van der Waals surface area (Å²) in [5.74, 6) is 0.792. The van der Waals surface area contributed by atoms with E-state index in [-0.39, 0.29) is 24.2 Å². The maximum absolute atomic E-state index is 12.2. The molecule has 5 heteroatoms. The van der Waals surface area contributed by atoms with Gasteiger partial charge in [-0.3, -0.25) is 0 Å². The van der Waals surface area contributed by atoms with Crippen LogP contribution in [0.15, 0.2) is 28.7 Å². The number of urea groups is 1. The first-order valence-corrected chi connectivity index (χ1v) is 8.27. The van der Waals surface area contributed by atoms with Gasteiger partial charge in [-0.2, -0.15) is 0 Å². The Morgan fingerprint density at radius 2 is 1.96 bits per heavy atom. The number of rotatable bonds is 3. The van der Waals surface area contributed by atoms with Gasteiger partial charge >= 0.3 is 6.03 Å². The molecule has 1 aliphatic rings. The van der Waals surface area contributed by atoms with Crippen LogP contribution in [-0.4, -0.2) is 23.3 Å². The smallest absolute Gasteiger partial charge is 0.315 e. The number of para-hydroxylation sites is 1. The largest absolute Gasteiger partial charge is 0.459 e. The van der Waals surface area contributed by atoms with E-state index >= 15 is 0 Å². The summed E-state index contributed by atoms with van der Waals surface area (Å²) in [7, 11) is 0. The van der Waals surface area contributed by atoms with Gasteiger partial charge < -0.3 is 20.2 Å². The van der Waals surface area contributed by atoms with E-state index in [1.807, 2.05) is 38.1 Å². The summed E-state index contributed by atoms with van der Waals surface area (Å²) in [6.07, 6.45) is 2.94. The van der Waals surface area contributed by atoms with Crippen LogP contribution in [0.5, 0.6) is 0 Å². The fraction of sp³-hybridized carbons (Fsp3) is 0.500. The molecule has 0 aliphatic heterocycles. The number of carbonyl (C=O) groups is 1. The minimum Gasteiger partial charge on any atom is -0.459 e. The summed E-state index contributed by atoms with van der Waals surface area (Å²) in [6, 6.07) is 7.65. The number of hydrogen-bond acceptors (Lipinski definition) is 3. The maximum Gasteiger partial charge on any atom is 0.315 e. The monoisotopic (exact) mass is 316 g/mol. The fourth-order valence-corrected chi connectivity index (χ4v) is 3.32. The lowest BCUT2D eigenvalue weighted by Gasteiger charge is -2.26. The lowest BCUT2D eigenvalue weighted by atomic mass is 9.93. The molecule has 5 nitrogen and oxygen atoms in total. The van der Waals surface area contributed by atoms with Gasteiger partial charge in [0.25, 0.3) is 0 Å². The zero-order chi connectivity index (χ0) is 16.4. The van der Waals surface area contributed by atoms with Gasteiger partial charge in [-0.15, -0.1) is 0 Å². The maximum atomic E-state index is 12.2. The zero-order valence-electron chi connectivity index (χ0n) is 13.6. The van der Waals surface area contributed by atoms with Crippen LogP contribution in [-0.2, 0) is 0 Å². The SMILES string of the molecule is Cc1c([C@@H](C)NC(=O)NC2CCC(O)CC2)oc2ccccc12. The van der Waals surface area contributed by atoms with E-state index in [0.717, 1.165) is 48.0 Å². The summed E-state index contributed by atoms with van der Waals surface area (Å²) in [6.45, 7) is 3.94. The van der Waals surface area contributed by atoms with E-state index < -0.39 is 0 Å². The molecule has 124 valence electrons. The van der Waals surface area contributed by atoms with E-state index in [0.29, 0.717) is 0 Å². The minimum atomic E-state index is -0.215. The van der Waals surface area contributed by atoms with E-state index in [9.17, 15) is 9.90 Å². The normalized spacial score (nSPS) is 22.7. The van der Waals surface area contributed by atoms with Crippen molar-refractivity contribution in [1.29, 1.82) is 0 Å². The number of aliphatic hydroxyl groups is 1. The molecule has 0 bridgehead atoms. The van der Waals surface area contributed by atoms with Gasteiger partial charge in [0, 0.05) is 17.0 Å². The van der Waals surface area contributed by atoms with Crippen molar-refractivity contribution in [3.8, 4) is 0 Å². The second-order valence-electron chi connectivity index (χ2n) is 6.43. The average molecular weight is 316 g/mol. The number of nitrogens with one attached hydrogen (secondary N) is 2. The number of aliphatic hydroxyl groups excluding tert-OH is 1. The molecule has 0 spiro atoms. The molecular weight excluding hydrogens is 292 g/mol. The molecule has 0 radical (unpaired) electrons. The van der Waals surface area contributed by atoms with Crippen LogP contribution in [0, 0.1) is 6.92 Å². The Morgan fingerprint density at radius 1 is 1.26 bits per heavy atom. The summed E-state index contributed by atoms with van der Waals surface area (Å²) >= 11 is 0. The molecule has 2 amide bonds. The number of furan rings is 1. The van der Waals surface area contributed by atoms with E-state index in [4.69, 9.17) is 4.42 Å². The first kappa shape index (κ1) is 15.9. The Morgan fingerprint density at radius 3 is 2.65 bits per heavy atom. The van der Waals surface area contributed by atoms with Crippen molar-refractivity contribution in [2.45, 2.75) is 57.7 Å². The van der Waals surface area contributed by atoms with Crippen LogP contribution < -0.4 is 10.6 Å². The van der Waals surface area contributed by atoms with Crippen molar-refractivity contribution in [3.05, 3.63) is 35.6 Å². The summed E-state index contributed by atoms with van der Waals surface area (Å²) in [4.78, 5) is 12.2. The number of amides is 2. The van der Waals surface area contributed by atoms with Crippen molar-refractivity contribution in [2.24, 2.45) is 0 Å². The van der Waals surface area contributed by atoms with Crippen LogP contribution in [0.1, 0.15) is 50.0 Å². The van der Waals surface area contributed by atoms with Gasteiger partial charge in [-0.05, 0) is 45.6 Å². The lowest BCUT2D eigenvalue weighted by Crippen LogP contribution is -2.44. The van der Waals surface area contributed by atoms with Crippen LogP contribution in [0.25, 0.3) is 11.0 Å². The van der Waals surface area contributed by atoms with Crippen molar-refractivity contribution in [2.75, 3.05) is 0 Å². The third-order valence-electron chi connectivity index (χ3n) is 4.65. The highest BCUT2D eigenvalue weighted by Crippen LogP contribution is 2.29. The number of hydrogen-bond donors (Lipinski definition) is 3. The number of carbonyl (C=O) groups excluding carboxylic acids is 1. The Kier molecular flexibility index (Phi) is 4.57. The van der Waals surface area contributed by atoms with Gasteiger partial charge in [0.15, 0.2) is 0 Å². The molecule has 1 fully saturated rings. The topological polar surface area (TPSA) is 74.5 Å². The van der Waals surface area contributed by atoms with Crippen molar-refractivity contribution in [1.82, 2.24) is 10.6 Å². The predicted octanol–water partition coefficient (Wildman–Crippen LogP) is 3.40. The second-order valence-corrected chi connectivity index (χ2v) is 6.43. The second kappa shape index (κ2) is 6.62. The number of fused-ring (bicyclic) bond motifs is 1. The molecule has 1 atom stereocenters. The third-order valence-corrected chi connectivity index (χ3v) is 4.65. The number of benzene rings is 1. The van der Waals surface area contributed by atoms with Gasteiger partial charge in [-0.25, -0.2) is 4.79 Å². The van der Waals surface area contributed by atoms with Crippen molar-refractivity contribution in [3.63, 3.8) is 0 Å². The van der Waals surface area contributed by atoms with Crippen molar-refractivity contribution >= 4 is 17.0 Å². The minimum absolute atomic E-state index is 0.141. The molecule has 3 rings (SSSR count). The molecule has 0 saturated heterocycles. The standard InChI is InChI=1S/C18H24N2O3/c1-11-15-5-3-4-6-16(15)23-17(11)12(2)19-18(22)20-13-7-9-14(21)10-8-13/h3-6,12-14,21H,7-10H2,1-2H3,(H2,19,20,22)/t12-,13?,14?/m1/s1. The molecule has 0 unspecified atom stereocenters. The highest BCUT2D eigenvalue weighted by molar-refractivity contribution is 5.82. The van der Waals surface area contributed by atoms with Crippen LogP contribution in [0.2, 0.25) is 0 Å². The summed E-state index contributed by atoms with van der Waals surface area (Å²) in [5.41, 5.74) is 1.91. The van der Waals surface area contributed by atoms with Crippen LogP contribution in [0.3, 0.4) is 0 Å². The molecule has 3 N–H and O–H groups in total. The van der Waals surface area contributed by atoms with Crippen LogP contribution >= 0.6 is 0 Å². The Balaban J connectivity index is 1.62. The van der Waals surface area contributed by atoms with Gasteiger partial charge in [0.05, 0.1) is 12.1 Å². The quantitative estimate of drug-likeness (QED) is 0.812. The van der Waals surface area contributed by atoms with Crippen LogP contribution in [0.4, 0.5) is 4.79 Å². The first-order valence-electron chi connectivity index (χ1n) is 8.27. The number of aryl methyl sites for hydroxylation is 1. The first-order chi connectivity index (χ1) is 11.0. The molecule has 1 aromatic heterocycles. The van der Waals surface area contributed by atoms with E-state index in [2.05, 4.69) is 10.6 Å². The molecule has 1 heterocycles. The molecule has 23 heavy (non-hydrogen) atoms. The molecule has 2 aromatic rings. The Labute approximate surface area is 136 Å². The Hall–Kier alpha value is -2.01. The fourth-order valence-electron chi connectivity index (χ4n) is 3.32. The molecule has 1 saturated carbocycles. The predicted molar refractivity (Wildman–Crippen MR) is 89.3 cm³/mol. The highest BCUT2D eigenvalue weighted by Gasteiger charge is 2.23. The third kappa shape index (κ3) is 3.50. The molecule has 1 aliphatic carbocycles.